The van der Waals surface area contributed by atoms with Gasteiger partial charge < -0.3 is 0 Å². The van der Waals surface area contributed by atoms with Crippen LogP contribution in [0.1, 0.15) is 0 Å². The van der Waals surface area contributed by atoms with Gasteiger partial charge in [-0.2, -0.15) is 0 Å². The van der Waals surface area contributed by atoms with E-state index >= 15 is 0 Å². The van der Waals surface area contributed by atoms with Crippen molar-refractivity contribution in [1.29, 1.82) is 5.26 Å². The first-order valence-corrected chi connectivity index (χ1v) is 2.23. The molecule has 1 N–H and O–H groups in total. The average molecular weight is 122 g/mol. The van der Waals surface area contributed by atoms with Gasteiger partial charge in [0, 0.05) is 0 Å². The van der Waals surface area contributed by atoms with Crippen molar-refractivity contribution in [2.75, 3.05) is 0 Å². The molecular weight excluding hydrogens is 121 g/mol. The van der Waals surface area contributed by atoms with E-state index in [-0.39, 0.29) is 0 Å². The molecule has 0 unspecified atom stereocenters. The summed E-state index contributed by atoms with van der Waals surface area (Å²) in [7, 11) is 0. The van der Waals surface area contributed by atoms with Gasteiger partial charge >= 0.3 is 29.7 Å². The van der Waals surface area contributed by atoms with Gasteiger partial charge in [-0.3, -0.25) is 0 Å². The Morgan fingerprint density at radius 3 is 2.25 bits per heavy atom. The molecule has 4 heavy (non-hydrogen) atoms. The summed E-state index contributed by atoms with van der Waals surface area (Å²) in [6.45, 7) is 0. The monoisotopic (exact) mass is 123 g/mol. The first-order valence-electron chi connectivity index (χ1n) is 0.610. The van der Waals surface area contributed by atoms with Gasteiger partial charge in [0.15, 0.2) is 0 Å². The molecule has 0 amide bonds. The second-order valence-corrected chi connectivity index (χ2v) is 0.949. The minimum absolute atomic E-state index is 0.778. The molecule has 0 spiro atoms. The fraction of sp³-hybridized carbons (Fsp3) is 0. The van der Waals surface area contributed by atoms with E-state index < -0.39 is 15.3 Å². The summed E-state index contributed by atoms with van der Waals surface area (Å²) in [4.78, 5) is 1.55. The van der Waals surface area contributed by atoms with Gasteiger partial charge in [0.25, 0.3) is 0 Å². The second-order valence-electron chi connectivity index (χ2n) is 0.183. The molecule has 0 aliphatic rings. The molecule has 0 heterocycles. The predicted molar refractivity (Wildman–Crippen MR) is 13.6 cm³/mol. The van der Waals surface area contributed by atoms with Gasteiger partial charge in [-0.05, 0) is 0 Å². The Labute approximate surface area is 30.5 Å². The van der Waals surface area contributed by atoms with Gasteiger partial charge in [0.05, 0.1) is 0 Å². The Balaban J connectivity index is 2.43. The zero-order valence-corrected chi connectivity index (χ0v) is 3.52. The molecule has 0 aromatic carbocycles. The molecule has 0 saturated carbocycles. The Bertz CT molecular complexity index is 37.8. The molecule has 22 valence electrons. The number of hydrogen-bond donors (Lipinski definition) is 1. The van der Waals surface area contributed by atoms with E-state index in [0.717, 1.165) is 0 Å². The van der Waals surface area contributed by atoms with E-state index in [4.69, 9.17) is 9.45 Å². The molecule has 0 aromatic rings. The van der Waals surface area contributed by atoms with Gasteiger partial charge in [-0.1, -0.05) is 0 Å². The van der Waals surface area contributed by atoms with Crippen molar-refractivity contribution in [2.24, 2.45) is 0 Å². The van der Waals surface area contributed by atoms with E-state index in [2.05, 4.69) is 0 Å². The van der Waals surface area contributed by atoms with Gasteiger partial charge in [0.2, 0.25) is 0 Å². The van der Waals surface area contributed by atoms with Crippen LogP contribution in [0.5, 0.6) is 0 Å². The van der Waals surface area contributed by atoms with E-state index in [1.165, 1.54) is 0 Å². The van der Waals surface area contributed by atoms with Gasteiger partial charge in [0.1, 0.15) is 0 Å². The third-order valence-corrected chi connectivity index (χ3v) is 0.212. The van der Waals surface area contributed by atoms with Crippen LogP contribution < -0.4 is 0 Å². The molecule has 0 aliphatic heterocycles. The number of hydrogen-bond acceptors (Lipinski definition) is 2. The summed E-state index contributed by atoms with van der Waals surface area (Å²) in [5, 5.41) is 7.40. The number of nitriles is 1. The van der Waals surface area contributed by atoms with Crippen molar-refractivity contribution in [1.82, 2.24) is 0 Å². The summed E-state index contributed by atoms with van der Waals surface area (Å²) < 4.78 is 7.58. The summed E-state index contributed by atoms with van der Waals surface area (Å²) in [6.07, 6.45) is 0. The second kappa shape index (κ2) is 2.97. The van der Waals surface area contributed by atoms with Crippen molar-refractivity contribution in [3.05, 3.63) is 0 Å². The summed E-state index contributed by atoms with van der Waals surface area (Å²) in [6, 6.07) is 0. The number of nitrogens with zero attached hydrogens (tertiary/aromatic N) is 1. The summed E-state index contributed by atoms with van der Waals surface area (Å²) >= 11 is -0.778. The third kappa shape index (κ3) is 1.97. The number of rotatable bonds is 0. The molecule has 0 radical (unpaired) electrons. The molecule has 0 bridgehead atoms. The van der Waals surface area contributed by atoms with Crippen molar-refractivity contribution in [3.8, 4) is 4.97 Å². The van der Waals surface area contributed by atoms with Crippen LogP contribution in [-0.2, 0) is 0 Å². The van der Waals surface area contributed by atoms with Crippen LogP contribution >= 0.6 is 0 Å². The topological polar surface area (TPSA) is 44.0 Å². The molecule has 3 heteroatoms. The van der Waals surface area contributed by atoms with Crippen LogP contribution in [-0.4, -0.2) is 19.5 Å². The Morgan fingerprint density at radius 1 is 2.00 bits per heavy atom. The van der Waals surface area contributed by atoms with Crippen LogP contribution in [0.25, 0.3) is 0 Å². The Morgan fingerprint density at radius 2 is 2.25 bits per heavy atom. The quantitative estimate of drug-likeness (QED) is 0.422. The predicted octanol–water partition coefficient (Wildman–Crippen LogP) is -0.921. The zero-order valence-electron chi connectivity index (χ0n) is 1.80. The molecule has 0 fully saturated rings. The van der Waals surface area contributed by atoms with E-state index in [9.17, 15) is 0 Å². The maximum absolute atomic E-state index is 7.58. The van der Waals surface area contributed by atoms with Crippen molar-refractivity contribution < 1.29 is 4.19 Å². The van der Waals surface area contributed by atoms with Gasteiger partial charge in [-0.25, -0.2) is 0 Å². The fourth-order valence-corrected chi connectivity index (χ4v) is 0. The molecule has 0 saturated heterocycles. The minimum atomic E-state index is -0.778. The summed E-state index contributed by atoms with van der Waals surface area (Å²) in [5.41, 5.74) is 0. The standard InChI is InChI=1S/CHNOSe/c2-1-4-3/h3H. The van der Waals surface area contributed by atoms with Crippen LogP contribution in [0.15, 0.2) is 0 Å². The molecular formula is CHNOSe. The molecule has 2 nitrogen and oxygen atoms in total. The first-order chi connectivity index (χ1) is 1.91. The molecule has 0 rings (SSSR count). The Hall–Kier alpha value is -0.0305. The van der Waals surface area contributed by atoms with E-state index in [0.29, 0.717) is 0 Å². The first kappa shape index (κ1) is 3.97. The average Bonchev–Trinajstić information content (AvgIpc) is 1.37. The van der Waals surface area contributed by atoms with Crippen LogP contribution in [0.2, 0.25) is 0 Å². The van der Waals surface area contributed by atoms with E-state index in [1.807, 2.05) is 0 Å². The molecule has 0 aromatic heterocycles. The fourth-order valence-electron chi connectivity index (χ4n) is 0. The summed E-state index contributed by atoms with van der Waals surface area (Å²) in [5.74, 6) is 0. The third-order valence-electron chi connectivity index (χ3n) is 0.0408. The normalized spacial score (nSPS) is 5.00. The van der Waals surface area contributed by atoms with Crippen LogP contribution in [0, 0.1) is 10.2 Å². The van der Waals surface area contributed by atoms with E-state index in [1.54, 1.807) is 4.97 Å². The Kier molecular flexibility index (Phi) is 2.95. The SMILES string of the molecule is N#C[Se]O. The van der Waals surface area contributed by atoms with Crippen LogP contribution in [0.3, 0.4) is 0 Å². The molecule has 0 atom stereocenters. The van der Waals surface area contributed by atoms with Crippen molar-refractivity contribution in [2.45, 2.75) is 0 Å². The van der Waals surface area contributed by atoms with Crippen molar-refractivity contribution >= 4 is 15.3 Å². The maximum atomic E-state index is 7.58. The van der Waals surface area contributed by atoms with Gasteiger partial charge in [-0.15, -0.1) is 0 Å². The van der Waals surface area contributed by atoms with Crippen molar-refractivity contribution in [3.63, 3.8) is 0 Å². The van der Waals surface area contributed by atoms with Crippen LogP contribution in [0.4, 0.5) is 0 Å². The molecule has 0 aliphatic carbocycles. The zero-order chi connectivity index (χ0) is 3.41.